The van der Waals surface area contributed by atoms with E-state index in [1.807, 2.05) is 0 Å². The molecule has 1 rings (SSSR count). The molecule has 0 aliphatic rings. The minimum atomic E-state index is -0.555. The summed E-state index contributed by atoms with van der Waals surface area (Å²) < 4.78 is 5.15. The molecule has 0 spiro atoms. The third-order valence-corrected chi connectivity index (χ3v) is 1.56. The second-order valence-electron chi connectivity index (χ2n) is 2.88. The summed E-state index contributed by atoms with van der Waals surface area (Å²) in [6.07, 6.45) is -0.181. The van der Waals surface area contributed by atoms with Gasteiger partial charge in [0.15, 0.2) is 0 Å². The van der Waals surface area contributed by atoms with E-state index in [2.05, 4.69) is 4.98 Å². The highest BCUT2D eigenvalue weighted by atomic mass is 35.5. The van der Waals surface area contributed by atoms with E-state index in [1.165, 1.54) is 12.1 Å². The topological polar surface area (TPSA) is 65.3 Å². The Kier molecular flexibility index (Phi) is 3.24. The van der Waals surface area contributed by atoms with Crippen LogP contribution in [0.25, 0.3) is 0 Å². The van der Waals surface area contributed by atoms with Crippen molar-refractivity contribution in [3.63, 3.8) is 0 Å². The predicted molar refractivity (Wildman–Crippen MR) is 51.7 cm³/mol. The zero-order valence-electron chi connectivity index (χ0n) is 7.73. The minimum absolute atomic E-state index is 0.0440. The van der Waals surface area contributed by atoms with Gasteiger partial charge in [-0.2, -0.15) is 4.98 Å². The van der Waals surface area contributed by atoms with Gasteiger partial charge in [0.25, 0.3) is 5.88 Å². The molecule has 0 radical (unpaired) electrons. The van der Waals surface area contributed by atoms with E-state index < -0.39 is 4.92 Å². The predicted octanol–water partition coefficient (Wildman–Crippen LogP) is 2.43. The highest BCUT2D eigenvalue weighted by molar-refractivity contribution is 6.29. The first-order valence-corrected chi connectivity index (χ1v) is 4.36. The van der Waals surface area contributed by atoms with Crippen molar-refractivity contribution in [3.05, 3.63) is 27.4 Å². The van der Waals surface area contributed by atoms with Gasteiger partial charge >= 0.3 is 5.69 Å². The molecule has 0 saturated carbocycles. The normalized spacial score (nSPS) is 10.3. The lowest BCUT2D eigenvalue weighted by atomic mass is 10.4. The summed E-state index contributed by atoms with van der Waals surface area (Å²) in [4.78, 5) is 13.7. The third kappa shape index (κ3) is 2.56. The quantitative estimate of drug-likeness (QED) is 0.442. The molecule has 0 aliphatic carbocycles. The van der Waals surface area contributed by atoms with Crippen molar-refractivity contribution >= 4 is 17.3 Å². The van der Waals surface area contributed by atoms with Crippen LogP contribution in [0.2, 0.25) is 5.15 Å². The Morgan fingerprint density at radius 1 is 1.57 bits per heavy atom. The monoisotopic (exact) mass is 216 g/mol. The van der Waals surface area contributed by atoms with Gasteiger partial charge < -0.3 is 4.74 Å². The van der Waals surface area contributed by atoms with Gasteiger partial charge in [0.1, 0.15) is 5.15 Å². The van der Waals surface area contributed by atoms with Crippen LogP contribution in [0.5, 0.6) is 5.88 Å². The molecular formula is C8H9ClN2O3. The zero-order valence-corrected chi connectivity index (χ0v) is 8.49. The van der Waals surface area contributed by atoms with E-state index in [9.17, 15) is 10.1 Å². The first-order chi connectivity index (χ1) is 6.50. The van der Waals surface area contributed by atoms with Crippen LogP contribution < -0.4 is 4.74 Å². The summed E-state index contributed by atoms with van der Waals surface area (Å²) in [5.74, 6) is -0.0440. The fraction of sp³-hybridized carbons (Fsp3) is 0.375. The van der Waals surface area contributed by atoms with Gasteiger partial charge in [0.05, 0.1) is 11.0 Å². The summed E-state index contributed by atoms with van der Waals surface area (Å²) in [5.41, 5.74) is -0.178. The van der Waals surface area contributed by atoms with Crippen LogP contribution in [0.3, 0.4) is 0 Å². The number of ether oxygens (including phenoxy) is 1. The maximum absolute atomic E-state index is 10.6. The van der Waals surface area contributed by atoms with Crippen LogP contribution >= 0.6 is 11.6 Å². The lowest BCUT2D eigenvalue weighted by Crippen LogP contribution is -2.08. The number of hydrogen-bond acceptors (Lipinski definition) is 4. The van der Waals surface area contributed by atoms with E-state index in [1.54, 1.807) is 13.8 Å². The molecular weight excluding hydrogens is 208 g/mol. The number of hydrogen-bond donors (Lipinski definition) is 0. The zero-order chi connectivity index (χ0) is 10.7. The van der Waals surface area contributed by atoms with Crippen LogP contribution in [0.4, 0.5) is 5.69 Å². The van der Waals surface area contributed by atoms with Crippen molar-refractivity contribution in [2.75, 3.05) is 0 Å². The third-order valence-electron chi connectivity index (χ3n) is 1.35. The SMILES string of the molecule is CC(C)Oc1nc(Cl)ccc1[N+](=O)[O-]. The largest absolute Gasteiger partial charge is 0.470 e. The lowest BCUT2D eigenvalue weighted by Gasteiger charge is -2.08. The van der Waals surface area contributed by atoms with Crippen molar-refractivity contribution in [1.29, 1.82) is 0 Å². The molecule has 5 nitrogen and oxygen atoms in total. The first-order valence-electron chi connectivity index (χ1n) is 3.98. The molecule has 14 heavy (non-hydrogen) atoms. The van der Waals surface area contributed by atoms with E-state index in [0.29, 0.717) is 0 Å². The smallest absolute Gasteiger partial charge is 0.331 e. The molecule has 0 unspecified atom stereocenters. The number of nitrogens with zero attached hydrogens (tertiary/aromatic N) is 2. The van der Waals surface area contributed by atoms with Crippen LogP contribution in [0.15, 0.2) is 12.1 Å². The summed E-state index contributed by atoms with van der Waals surface area (Å²) >= 11 is 5.59. The summed E-state index contributed by atoms with van der Waals surface area (Å²) in [5, 5.41) is 10.7. The van der Waals surface area contributed by atoms with Crippen molar-refractivity contribution in [3.8, 4) is 5.88 Å². The van der Waals surface area contributed by atoms with Crippen molar-refractivity contribution in [2.45, 2.75) is 20.0 Å². The second kappa shape index (κ2) is 4.23. The molecule has 1 aromatic rings. The molecule has 0 bridgehead atoms. The molecule has 0 aromatic carbocycles. The highest BCUT2D eigenvalue weighted by Crippen LogP contribution is 2.26. The molecule has 0 aliphatic heterocycles. The van der Waals surface area contributed by atoms with E-state index >= 15 is 0 Å². The van der Waals surface area contributed by atoms with E-state index in [-0.39, 0.29) is 22.8 Å². The minimum Gasteiger partial charge on any atom is -0.470 e. The van der Waals surface area contributed by atoms with Crippen molar-refractivity contribution < 1.29 is 9.66 Å². The van der Waals surface area contributed by atoms with Gasteiger partial charge in [0.2, 0.25) is 0 Å². The van der Waals surface area contributed by atoms with Gasteiger partial charge in [-0.15, -0.1) is 0 Å². The fourth-order valence-corrected chi connectivity index (χ4v) is 0.999. The number of rotatable bonds is 3. The second-order valence-corrected chi connectivity index (χ2v) is 3.27. The summed E-state index contributed by atoms with van der Waals surface area (Å²) in [6, 6.07) is 2.62. The number of nitro groups is 1. The Balaban J connectivity index is 3.09. The van der Waals surface area contributed by atoms with Crippen molar-refractivity contribution in [1.82, 2.24) is 4.98 Å². The number of halogens is 1. The Morgan fingerprint density at radius 2 is 2.21 bits per heavy atom. The Hall–Kier alpha value is -1.36. The molecule has 0 atom stereocenters. The van der Waals surface area contributed by atoms with Crippen LogP contribution in [0.1, 0.15) is 13.8 Å². The summed E-state index contributed by atoms with van der Waals surface area (Å²) in [7, 11) is 0. The number of pyridine rings is 1. The number of aromatic nitrogens is 1. The van der Waals surface area contributed by atoms with E-state index in [4.69, 9.17) is 16.3 Å². The van der Waals surface area contributed by atoms with Gasteiger partial charge in [-0.1, -0.05) is 11.6 Å². The Bertz CT molecular complexity index is 354. The highest BCUT2D eigenvalue weighted by Gasteiger charge is 2.17. The Morgan fingerprint density at radius 3 is 2.71 bits per heavy atom. The van der Waals surface area contributed by atoms with Gasteiger partial charge in [-0.3, -0.25) is 10.1 Å². The summed E-state index contributed by atoms with van der Waals surface area (Å²) in [6.45, 7) is 3.51. The molecule has 76 valence electrons. The maximum atomic E-state index is 10.6. The molecule has 0 N–H and O–H groups in total. The fourth-order valence-electron chi connectivity index (χ4n) is 0.859. The van der Waals surface area contributed by atoms with Gasteiger partial charge in [0, 0.05) is 6.07 Å². The molecule has 0 amide bonds. The average Bonchev–Trinajstić information content (AvgIpc) is 2.01. The van der Waals surface area contributed by atoms with E-state index in [0.717, 1.165) is 0 Å². The van der Waals surface area contributed by atoms with Crippen LogP contribution in [-0.4, -0.2) is 16.0 Å². The molecule has 0 saturated heterocycles. The molecule has 1 heterocycles. The average molecular weight is 217 g/mol. The van der Waals surface area contributed by atoms with Gasteiger partial charge in [-0.05, 0) is 19.9 Å². The van der Waals surface area contributed by atoms with Gasteiger partial charge in [-0.25, -0.2) is 0 Å². The molecule has 1 aromatic heterocycles. The lowest BCUT2D eigenvalue weighted by molar-refractivity contribution is -0.386. The van der Waals surface area contributed by atoms with Crippen LogP contribution in [0, 0.1) is 10.1 Å². The molecule has 0 fully saturated rings. The maximum Gasteiger partial charge on any atom is 0.331 e. The Labute approximate surface area is 85.8 Å². The standard InChI is InChI=1S/C8H9ClN2O3/c1-5(2)14-8-6(11(12)13)3-4-7(9)10-8/h3-5H,1-2H3. The van der Waals surface area contributed by atoms with Crippen LogP contribution in [-0.2, 0) is 0 Å². The first kappa shape index (κ1) is 10.7. The van der Waals surface area contributed by atoms with Crippen molar-refractivity contribution in [2.24, 2.45) is 0 Å². The molecule has 6 heteroatoms.